The van der Waals surface area contributed by atoms with E-state index < -0.39 is 5.97 Å². The first kappa shape index (κ1) is 18.2. The molecule has 0 spiro atoms. The normalized spacial score (nSPS) is 10.7. The standard InChI is InChI=1S/C15H16BrN3O4S/c1-9-8-24-15(18-9)19-17-6-10-4-12(21-2)13(5-11(10)16)23-7-14(20)22-3/h4-6,8H,7H2,1-3H3,(H,18,19). The molecule has 1 aromatic carbocycles. The Balaban J connectivity index is 2.11. The summed E-state index contributed by atoms with van der Waals surface area (Å²) in [5.41, 5.74) is 4.58. The maximum Gasteiger partial charge on any atom is 0.343 e. The predicted molar refractivity (Wildman–Crippen MR) is 96.3 cm³/mol. The lowest BCUT2D eigenvalue weighted by Crippen LogP contribution is -2.13. The van der Waals surface area contributed by atoms with Gasteiger partial charge in [0.1, 0.15) is 0 Å². The monoisotopic (exact) mass is 413 g/mol. The largest absolute Gasteiger partial charge is 0.493 e. The maximum atomic E-state index is 11.2. The van der Waals surface area contributed by atoms with Gasteiger partial charge in [-0.05, 0) is 35.0 Å². The average Bonchev–Trinajstić information content (AvgIpc) is 2.99. The van der Waals surface area contributed by atoms with Crippen LogP contribution in [-0.4, -0.2) is 38.0 Å². The number of rotatable bonds is 7. The van der Waals surface area contributed by atoms with E-state index in [1.54, 1.807) is 18.3 Å². The Morgan fingerprint density at radius 1 is 1.42 bits per heavy atom. The zero-order valence-electron chi connectivity index (χ0n) is 13.3. The van der Waals surface area contributed by atoms with Gasteiger partial charge in [-0.1, -0.05) is 0 Å². The fourth-order valence-electron chi connectivity index (χ4n) is 1.68. The van der Waals surface area contributed by atoms with Gasteiger partial charge in [-0.15, -0.1) is 11.3 Å². The third-order valence-corrected chi connectivity index (χ3v) is 4.39. The topological polar surface area (TPSA) is 82.0 Å². The van der Waals surface area contributed by atoms with Crippen LogP contribution in [0.5, 0.6) is 11.5 Å². The fraction of sp³-hybridized carbons (Fsp3) is 0.267. The Hall–Kier alpha value is -2.13. The molecule has 24 heavy (non-hydrogen) atoms. The second-order valence-electron chi connectivity index (χ2n) is 4.55. The minimum absolute atomic E-state index is 0.197. The molecule has 9 heteroatoms. The zero-order chi connectivity index (χ0) is 17.5. The lowest BCUT2D eigenvalue weighted by atomic mass is 10.2. The van der Waals surface area contributed by atoms with Gasteiger partial charge in [0.2, 0.25) is 5.13 Å². The molecule has 128 valence electrons. The van der Waals surface area contributed by atoms with Crippen LogP contribution in [0.3, 0.4) is 0 Å². The third kappa shape index (κ3) is 4.93. The Bertz CT molecular complexity index is 748. The van der Waals surface area contributed by atoms with Gasteiger partial charge in [0.25, 0.3) is 0 Å². The molecule has 1 N–H and O–H groups in total. The van der Waals surface area contributed by atoms with Crippen LogP contribution < -0.4 is 14.9 Å². The molecule has 0 atom stereocenters. The first-order valence-electron chi connectivity index (χ1n) is 6.82. The summed E-state index contributed by atoms with van der Waals surface area (Å²) >= 11 is 4.92. The summed E-state index contributed by atoms with van der Waals surface area (Å²) < 4.78 is 16.0. The van der Waals surface area contributed by atoms with Crippen LogP contribution in [0, 0.1) is 6.92 Å². The smallest absolute Gasteiger partial charge is 0.343 e. The highest BCUT2D eigenvalue weighted by molar-refractivity contribution is 9.10. The highest BCUT2D eigenvalue weighted by atomic mass is 79.9. The van der Waals surface area contributed by atoms with Crippen LogP contribution in [0.15, 0.2) is 27.1 Å². The molecule has 0 aliphatic carbocycles. The number of aryl methyl sites for hydroxylation is 1. The number of halogens is 1. The molecule has 0 unspecified atom stereocenters. The van der Waals surface area contributed by atoms with Crippen molar-refractivity contribution in [3.05, 3.63) is 33.2 Å². The fourth-order valence-corrected chi connectivity index (χ4v) is 2.74. The van der Waals surface area contributed by atoms with Crippen molar-refractivity contribution in [2.24, 2.45) is 5.10 Å². The number of carbonyl (C=O) groups is 1. The Morgan fingerprint density at radius 3 is 2.83 bits per heavy atom. The Morgan fingerprint density at radius 2 is 2.21 bits per heavy atom. The second kappa shape index (κ2) is 8.65. The van der Waals surface area contributed by atoms with Crippen molar-refractivity contribution in [2.45, 2.75) is 6.92 Å². The van der Waals surface area contributed by atoms with Crippen molar-refractivity contribution in [3.63, 3.8) is 0 Å². The van der Waals surface area contributed by atoms with E-state index in [0.29, 0.717) is 16.6 Å². The number of carbonyl (C=O) groups excluding carboxylic acids is 1. The van der Waals surface area contributed by atoms with Gasteiger partial charge in [-0.3, -0.25) is 5.43 Å². The molecule has 0 aliphatic rings. The number of thiazole rings is 1. The molecule has 1 aromatic heterocycles. The molecule has 0 aliphatic heterocycles. The molecule has 0 fully saturated rings. The summed E-state index contributed by atoms with van der Waals surface area (Å²) in [6.45, 7) is 1.72. The summed E-state index contributed by atoms with van der Waals surface area (Å²) in [4.78, 5) is 15.4. The summed E-state index contributed by atoms with van der Waals surface area (Å²) in [5, 5.41) is 6.80. The number of hydrogen-bond donors (Lipinski definition) is 1. The number of hydrazone groups is 1. The predicted octanol–water partition coefficient (Wildman–Crippen LogP) is 3.22. The van der Waals surface area contributed by atoms with Crippen molar-refractivity contribution in [1.82, 2.24) is 4.98 Å². The van der Waals surface area contributed by atoms with E-state index in [0.717, 1.165) is 15.7 Å². The minimum atomic E-state index is -0.471. The van der Waals surface area contributed by atoms with Crippen LogP contribution in [-0.2, 0) is 9.53 Å². The molecule has 7 nitrogen and oxygen atoms in total. The van der Waals surface area contributed by atoms with Crippen molar-refractivity contribution >= 4 is 44.6 Å². The average molecular weight is 414 g/mol. The van der Waals surface area contributed by atoms with Gasteiger partial charge >= 0.3 is 5.97 Å². The van der Waals surface area contributed by atoms with Gasteiger partial charge in [-0.2, -0.15) is 5.10 Å². The molecule has 1 heterocycles. The maximum absolute atomic E-state index is 11.2. The number of hydrogen-bond acceptors (Lipinski definition) is 8. The Labute approximate surface area is 151 Å². The summed E-state index contributed by atoms with van der Waals surface area (Å²) in [6.07, 6.45) is 1.63. The first-order chi connectivity index (χ1) is 11.5. The number of ether oxygens (including phenoxy) is 3. The van der Waals surface area contributed by atoms with Gasteiger partial charge in [-0.25, -0.2) is 9.78 Å². The van der Waals surface area contributed by atoms with Crippen LogP contribution >= 0.6 is 27.3 Å². The van der Waals surface area contributed by atoms with E-state index in [4.69, 9.17) is 9.47 Å². The third-order valence-electron chi connectivity index (χ3n) is 2.84. The van der Waals surface area contributed by atoms with Crippen LogP contribution in [0.25, 0.3) is 0 Å². The Kier molecular flexibility index (Phi) is 6.56. The lowest BCUT2D eigenvalue weighted by molar-refractivity contribution is -0.142. The molecular formula is C15H16BrN3O4S. The number of esters is 1. The van der Waals surface area contributed by atoms with Crippen LogP contribution in [0.4, 0.5) is 5.13 Å². The molecule has 0 saturated heterocycles. The van der Waals surface area contributed by atoms with E-state index in [1.807, 2.05) is 12.3 Å². The highest BCUT2D eigenvalue weighted by Gasteiger charge is 2.11. The van der Waals surface area contributed by atoms with E-state index in [-0.39, 0.29) is 6.61 Å². The SMILES string of the molecule is COC(=O)COc1cc(Br)c(C=NNc2nc(C)cs2)cc1OC. The highest BCUT2D eigenvalue weighted by Crippen LogP contribution is 2.33. The number of nitrogens with one attached hydrogen (secondary N) is 1. The summed E-state index contributed by atoms with van der Waals surface area (Å²) in [6, 6.07) is 3.45. The number of benzene rings is 1. The van der Waals surface area contributed by atoms with Crippen molar-refractivity contribution in [1.29, 1.82) is 0 Å². The second-order valence-corrected chi connectivity index (χ2v) is 6.27. The molecule has 0 bridgehead atoms. The lowest BCUT2D eigenvalue weighted by Gasteiger charge is -2.11. The van der Waals surface area contributed by atoms with E-state index in [9.17, 15) is 4.79 Å². The van der Waals surface area contributed by atoms with Crippen molar-refractivity contribution in [3.8, 4) is 11.5 Å². The van der Waals surface area contributed by atoms with Crippen LogP contribution in [0.2, 0.25) is 0 Å². The van der Waals surface area contributed by atoms with E-state index >= 15 is 0 Å². The quantitative estimate of drug-likeness (QED) is 0.426. The number of nitrogens with zero attached hydrogens (tertiary/aromatic N) is 2. The molecule has 0 radical (unpaired) electrons. The van der Waals surface area contributed by atoms with E-state index in [2.05, 4.69) is 36.2 Å². The molecule has 2 rings (SSSR count). The molecule has 2 aromatic rings. The number of aromatic nitrogens is 1. The minimum Gasteiger partial charge on any atom is -0.493 e. The van der Waals surface area contributed by atoms with Gasteiger partial charge < -0.3 is 14.2 Å². The van der Waals surface area contributed by atoms with Crippen molar-refractivity contribution in [2.75, 3.05) is 26.3 Å². The molecule has 0 saturated carbocycles. The number of anilines is 1. The van der Waals surface area contributed by atoms with Gasteiger partial charge in [0, 0.05) is 15.4 Å². The van der Waals surface area contributed by atoms with Crippen molar-refractivity contribution < 1.29 is 19.0 Å². The first-order valence-corrected chi connectivity index (χ1v) is 8.49. The van der Waals surface area contributed by atoms with E-state index in [1.165, 1.54) is 25.6 Å². The van der Waals surface area contributed by atoms with Gasteiger partial charge in [0.15, 0.2) is 18.1 Å². The zero-order valence-corrected chi connectivity index (χ0v) is 15.7. The van der Waals surface area contributed by atoms with Crippen LogP contribution in [0.1, 0.15) is 11.3 Å². The molecular weight excluding hydrogens is 398 g/mol. The summed E-state index contributed by atoms with van der Waals surface area (Å²) in [5.74, 6) is 0.436. The van der Waals surface area contributed by atoms with Gasteiger partial charge in [0.05, 0.1) is 26.1 Å². The molecule has 0 amide bonds. The number of methoxy groups -OCH3 is 2. The summed E-state index contributed by atoms with van der Waals surface area (Å²) in [7, 11) is 2.82.